The molecule has 3 amide bonds. The number of ether oxygens (including phenoxy) is 1. The van der Waals surface area contributed by atoms with Crippen molar-refractivity contribution >= 4 is 23.3 Å². The van der Waals surface area contributed by atoms with Gasteiger partial charge in [-0.3, -0.25) is 4.79 Å². The zero-order valence-corrected chi connectivity index (χ0v) is 15.5. The quantitative estimate of drug-likeness (QED) is 0.681. The maximum Gasteiger partial charge on any atom is 0.319 e. The predicted octanol–water partition coefficient (Wildman–Crippen LogP) is 3.72. The van der Waals surface area contributed by atoms with Crippen LogP contribution in [0.5, 0.6) is 5.75 Å². The Bertz CT molecular complexity index is 820. The van der Waals surface area contributed by atoms with Crippen molar-refractivity contribution in [1.29, 1.82) is 0 Å². The third-order valence-electron chi connectivity index (χ3n) is 4.42. The number of carbonyl (C=O) groups excluding carboxylic acids is 2. The minimum atomic E-state index is -0.316. The second-order valence-corrected chi connectivity index (χ2v) is 6.63. The Hall–Kier alpha value is -3.02. The Morgan fingerprint density at radius 1 is 0.963 bits per heavy atom. The number of amides is 3. The first-order chi connectivity index (χ1) is 13.1. The van der Waals surface area contributed by atoms with Crippen LogP contribution in [0.3, 0.4) is 0 Å². The summed E-state index contributed by atoms with van der Waals surface area (Å²) < 4.78 is 5.75. The highest BCUT2D eigenvalue weighted by Gasteiger charge is 2.10. The number of urea groups is 1. The lowest BCUT2D eigenvalue weighted by Gasteiger charge is -2.17. The van der Waals surface area contributed by atoms with Crippen molar-refractivity contribution in [3.63, 3.8) is 0 Å². The van der Waals surface area contributed by atoms with E-state index < -0.39 is 0 Å². The Balaban J connectivity index is 1.41. The molecule has 0 saturated carbocycles. The number of rotatable bonds is 6. The van der Waals surface area contributed by atoms with E-state index in [1.807, 2.05) is 6.07 Å². The van der Waals surface area contributed by atoms with Crippen LogP contribution in [0.25, 0.3) is 0 Å². The van der Waals surface area contributed by atoms with E-state index in [9.17, 15) is 9.59 Å². The molecule has 0 fully saturated rings. The van der Waals surface area contributed by atoms with Gasteiger partial charge in [0.2, 0.25) is 5.91 Å². The summed E-state index contributed by atoms with van der Waals surface area (Å²) in [6.45, 7) is 2.24. The summed E-state index contributed by atoms with van der Waals surface area (Å²) in [6.07, 6.45) is 4.77. The predicted molar refractivity (Wildman–Crippen MR) is 106 cm³/mol. The Labute approximate surface area is 159 Å². The fraction of sp³-hybridized carbons (Fsp3) is 0.333. The first-order valence-corrected chi connectivity index (χ1v) is 9.27. The number of benzene rings is 2. The van der Waals surface area contributed by atoms with Gasteiger partial charge in [-0.2, -0.15) is 0 Å². The smallest absolute Gasteiger partial charge is 0.319 e. The summed E-state index contributed by atoms with van der Waals surface area (Å²) in [5, 5.41) is 8.18. The van der Waals surface area contributed by atoms with E-state index in [-0.39, 0.29) is 11.9 Å². The molecule has 1 aliphatic carbocycles. The largest absolute Gasteiger partial charge is 0.492 e. The molecule has 142 valence electrons. The average molecular weight is 367 g/mol. The highest BCUT2D eigenvalue weighted by molar-refractivity contribution is 5.92. The SMILES string of the molecule is CC(=O)Nc1cccc(NC(=O)NCCOc2ccc3c(c2)CCCC3)c1. The highest BCUT2D eigenvalue weighted by atomic mass is 16.5. The lowest BCUT2D eigenvalue weighted by molar-refractivity contribution is -0.114. The topological polar surface area (TPSA) is 79.5 Å². The fourth-order valence-corrected chi connectivity index (χ4v) is 3.19. The normalized spacial score (nSPS) is 12.6. The van der Waals surface area contributed by atoms with E-state index in [0.717, 1.165) is 18.6 Å². The van der Waals surface area contributed by atoms with E-state index in [1.54, 1.807) is 24.3 Å². The molecule has 6 nitrogen and oxygen atoms in total. The number of fused-ring (bicyclic) bond motifs is 1. The zero-order chi connectivity index (χ0) is 19.1. The molecule has 27 heavy (non-hydrogen) atoms. The van der Waals surface area contributed by atoms with Crippen LogP contribution in [0.2, 0.25) is 0 Å². The van der Waals surface area contributed by atoms with E-state index >= 15 is 0 Å². The minimum absolute atomic E-state index is 0.157. The van der Waals surface area contributed by atoms with Crippen molar-refractivity contribution in [3.05, 3.63) is 53.6 Å². The summed E-state index contributed by atoms with van der Waals surface area (Å²) in [7, 11) is 0. The summed E-state index contributed by atoms with van der Waals surface area (Å²) >= 11 is 0. The van der Waals surface area contributed by atoms with Crippen LogP contribution in [0.15, 0.2) is 42.5 Å². The van der Waals surface area contributed by atoms with Crippen molar-refractivity contribution in [2.75, 3.05) is 23.8 Å². The van der Waals surface area contributed by atoms with Crippen LogP contribution < -0.4 is 20.7 Å². The first-order valence-electron chi connectivity index (χ1n) is 9.27. The van der Waals surface area contributed by atoms with Crippen LogP contribution in [0, 0.1) is 0 Å². The van der Waals surface area contributed by atoms with Crippen LogP contribution in [0.1, 0.15) is 30.9 Å². The van der Waals surface area contributed by atoms with Crippen molar-refractivity contribution in [2.45, 2.75) is 32.6 Å². The Morgan fingerprint density at radius 3 is 2.48 bits per heavy atom. The highest BCUT2D eigenvalue weighted by Crippen LogP contribution is 2.25. The summed E-state index contributed by atoms with van der Waals surface area (Å²) in [4.78, 5) is 23.1. The van der Waals surface area contributed by atoms with Crippen LogP contribution in [-0.4, -0.2) is 25.1 Å². The summed E-state index contributed by atoms with van der Waals surface area (Å²) in [5.41, 5.74) is 4.04. The molecule has 0 bridgehead atoms. The molecule has 3 rings (SSSR count). The van der Waals surface area contributed by atoms with Gasteiger partial charge in [0, 0.05) is 18.3 Å². The molecule has 0 radical (unpaired) electrons. The van der Waals surface area contributed by atoms with Crippen molar-refractivity contribution in [1.82, 2.24) is 5.32 Å². The number of carbonyl (C=O) groups is 2. The summed E-state index contributed by atoms with van der Waals surface area (Å²) in [6, 6.07) is 12.9. The number of hydrogen-bond donors (Lipinski definition) is 3. The zero-order valence-electron chi connectivity index (χ0n) is 15.5. The van der Waals surface area contributed by atoms with Crippen molar-refractivity contribution in [3.8, 4) is 5.75 Å². The fourth-order valence-electron chi connectivity index (χ4n) is 3.19. The number of nitrogens with one attached hydrogen (secondary N) is 3. The second-order valence-electron chi connectivity index (χ2n) is 6.63. The standard InChI is InChI=1S/C21H25N3O3/c1-15(25)23-18-7-4-8-19(14-18)24-21(26)22-11-12-27-20-10-9-16-5-2-3-6-17(16)13-20/h4,7-10,13-14H,2-3,5-6,11-12H2,1H3,(H,23,25)(H2,22,24,26). The maximum absolute atomic E-state index is 12.0. The molecule has 3 N–H and O–H groups in total. The molecular formula is C21H25N3O3. The third kappa shape index (κ3) is 5.74. The first kappa shape index (κ1) is 18.8. The number of anilines is 2. The molecule has 0 aromatic heterocycles. The Kier molecular flexibility index (Phi) is 6.30. The van der Waals surface area contributed by atoms with Gasteiger partial charge in [0.25, 0.3) is 0 Å². The molecule has 2 aromatic carbocycles. The number of aryl methyl sites for hydroxylation is 2. The van der Waals surface area contributed by atoms with Gasteiger partial charge in [-0.1, -0.05) is 12.1 Å². The van der Waals surface area contributed by atoms with Gasteiger partial charge in [0.15, 0.2) is 0 Å². The molecule has 1 aliphatic rings. The van der Waals surface area contributed by atoms with Crippen molar-refractivity contribution in [2.24, 2.45) is 0 Å². The van der Waals surface area contributed by atoms with Crippen LogP contribution in [0.4, 0.5) is 16.2 Å². The molecular weight excluding hydrogens is 342 g/mol. The molecule has 0 spiro atoms. The maximum atomic E-state index is 12.0. The third-order valence-corrected chi connectivity index (χ3v) is 4.42. The van der Waals surface area contributed by atoms with Gasteiger partial charge >= 0.3 is 6.03 Å². The van der Waals surface area contributed by atoms with Gasteiger partial charge in [0.1, 0.15) is 12.4 Å². The number of hydrogen-bond acceptors (Lipinski definition) is 3. The van der Waals surface area contributed by atoms with Gasteiger partial charge < -0.3 is 20.7 Å². The molecule has 0 aliphatic heterocycles. The molecule has 0 saturated heterocycles. The van der Waals surface area contributed by atoms with Gasteiger partial charge in [0.05, 0.1) is 6.54 Å². The van der Waals surface area contributed by atoms with Gasteiger partial charge in [-0.05, 0) is 67.1 Å². The van der Waals surface area contributed by atoms with Crippen LogP contribution >= 0.6 is 0 Å². The van der Waals surface area contributed by atoms with Crippen LogP contribution in [-0.2, 0) is 17.6 Å². The molecule has 6 heteroatoms. The molecule has 0 heterocycles. The molecule has 2 aromatic rings. The second kappa shape index (κ2) is 9.07. The lowest BCUT2D eigenvalue weighted by atomic mass is 9.92. The Morgan fingerprint density at radius 2 is 1.70 bits per heavy atom. The van der Waals surface area contributed by atoms with Gasteiger partial charge in [-0.15, -0.1) is 0 Å². The summed E-state index contributed by atoms with van der Waals surface area (Å²) in [5.74, 6) is 0.691. The van der Waals surface area contributed by atoms with E-state index in [2.05, 4.69) is 28.1 Å². The average Bonchev–Trinajstić information content (AvgIpc) is 2.65. The molecule has 0 atom stereocenters. The van der Waals surface area contributed by atoms with E-state index in [4.69, 9.17) is 4.74 Å². The monoisotopic (exact) mass is 367 g/mol. The van der Waals surface area contributed by atoms with E-state index in [1.165, 1.54) is 30.9 Å². The van der Waals surface area contributed by atoms with Gasteiger partial charge in [-0.25, -0.2) is 4.79 Å². The van der Waals surface area contributed by atoms with Crippen molar-refractivity contribution < 1.29 is 14.3 Å². The molecule has 0 unspecified atom stereocenters. The van der Waals surface area contributed by atoms with E-state index in [0.29, 0.717) is 24.5 Å². The lowest BCUT2D eigenvalue weighted by Crippen LogP contribution is -2.32. The minimum Gasteiger partial charge on any atom is -0.492 e.